The Kier molecular flexibility index (Phi) is 2.44. The van der Waals surface area contributed by atoms with Crippen molar-refractivity contribution in [3.63, 3.8) is 0 Å². The molecule has 4 aliphatic carbocycles. The maximum Gasteiger partial charge on any atom is 0.00781 e. The Labute approximate surface area is 110 Å². The van der Waals surface area contributed by atoms with Crippen LogP contribution in [0.5, 0.6) is 0 Å². The second kappa shape index (κ2) is 3.79. The van der Waals surface area contributed by atoms with Crippen LogP contribution >= 0.6 is 11.8 Å². The van der Waals surface area contributed by atoms with Crippen molar-refractivity contribution in [3.05, 3.63) is 11.1 Å². The minimum atomic E-state index is 1.00. The van der Waals surface area contributed by atoms with E-state index in [0.29, 0.717) is 0 Å². The van der Waals surface area contributed by atoms with E-state index in [-0.39, 0.29) is 0 Å². The fraction of sp³-hybridized carbons (Fsp3) is 0.875. The van der Waals surface area contributed by atoms with Crippen LogP contribution in [0.1, 0.15) is 45.4 Å². The van der Waals surface area contributed by atoms with E-state index in [1.807, 2.05) is 11.1 Å². The van der Waals surface area contributed by atoms with E-state index < -0.39 is 0 Å². The minimum absolute atomic E-state index is 1.00. The zero-order valence-corrected chi connectivity index (χ0v) is 11.9. The van der Waals surface area contributed by atoms with Crippen molar-refractivity contribution in [3.8, 4) is 0 Å². The molecule has 0 N–H and O–H groups in total. The zero-order chi connectivity index (χ0) is 11.6. The van der Waals surface area contributed by atoms with E-state index in [9.17, 15) is 0 Å². The molecule has 2 fully saturated rings. The molecule has 17 heavy (non-hydrogen) atoms. The maximum absolute atomic E-state index is 2.39. The second-order valence-electron chi connectivity index (χ2n) is 6.84. The quantitative estimate of drug-likeness (QED) is 0.648. The fourth-order valence-electron chi connectivity index (χ4n) is 5.42. The molecule has 4 rings (SSSR count). The summed E-state index contributed by atoms with van der Waals surface area (Å²) >= 11 is 2.14. The Hall–Kier alpha value is 0.0900. The van der Waals surface area contributed by atoms with Gasteiger partial charge in [0.05, 0.1) is 0 Å². The van der Waals surface area contributed by atoms with Gasteiger partial charge in [-0.15, -0.1) is 0 Å². The topological polar surface area (TPSA) is 0 Å². The second-order valence-corrected chi connectivity index (χ2v) is 7.92. The third-order valence-corrected chi connectivity index (χ3v) is 7.51. The summed E-state index contributed by atoms with van der Waals surface area (Å²) < 4.78 is 0. The van der Waals surface area contributed by atoms with Gasteiger partial charge in [-0.3, -0.25) is 0 Å². The van der Waals surface area contributed by atoms with Crippen LogP contribution in [0.15, 0.2) is 11.1 Å². The van der Waals surface area contributed by atoms with E-state index in [4.69, 9.17) is 0 Å². The standard InChI is InChI=1S/C16H24S/c1-3-9-4-12-6-10-5-11-7-15(17-2)13(11)8-14(10)16(9)12/h9-11,13-15H,3-8H2,1-2H3. The summed E-state index contributed by atoms with van der Waals surface area (Å²) in [6.45, 7) is 2.39. The molecule has 0 bridgehead atoms. The molecular weight excluding hydrogens is 224 g/mol. The Morgan fingerprint density at radius 3 is 2.76 bits per heavy atom. The van der Waals surface area contributed by atoms with E-state index in [1.165, 1.54) is 25.7 Å². The average molecular weight is 248 g/mol. The third kappa shape index (κ3) is 1.38. The van der Waals surface area contributed by atoms with E-state index in [2.05, 4.69) is 24.9 Å². The van der Waals surface area contributed by atoms with E-state index >= 15 is 0 Å². The van der Waals surface area contributed by atoms with Crippen LogP contribution in [0, 0.1) is 29.6 Å². The first-order valence-electron chi connectivity index (χ1n) is 7.56. The summed E-state index contributed by atoms with van der Waals surface area (Å²) in [5.41, 5.74) is 3.89. The highest BCUT2D eigenvalue weighted by atomic mass is 32.2. The summed E-state index contributed by atoms with van der Waals surface area (Å²) in [4.78, 5) is 0. The smallest absolute Gasteiger partial charge is 0.00781 e. The van der Waals surface area contributed by atoms with Crippen LogP contribution < -0.4 is 0 Å². The van der Waals surface area contributed by atoms with Crippen LogP contribution in [0.3, 0.4) is 0 Å². The van der Waals surface area contributed by atoms with Gasteiger partial charge in [-0.25, -0.2) is 0 Å². The van der Waals surface area contributed by atoms with E-state index in [1.54, 1.807) is 12.8 Å². The van der Waals surface area contributed by atoms with Gasteiger partial charge in [0, 0.05) is 5.25 Å². The van der Waals surface area contributed by atoms with Crippen molar-refractivity contribution in [2.24, 2.45) is 29.6 Å². The normalized spacial score (nSPS) is 51.2. The molecule has 0 aliphatic heterocycles. The van der Waals surface area contributed by atoms with Crippen molar-refractivity contribution in [2.75, 3.05) is 6.26 Å². The lowest BCUT2D eigenvalue weighted by Gasteiger charge is -2.52. The molecule has 0 spiro atoms. The van der Waals surface area contributed by atoms with Crippen LogP contribution in [0.2, 0.25) is 0 Å². The molecule has 0 amide bonds. The molecule has 4 aliphatic rings. The van der Waals surface area contributed by atoms with Crippen LogP contribution in [-0.2, 0) is 0 Å². The Morgan fingerprint density at radius 2 is 2.00 bits per heavy atom. The number of allylic oxidation sites excluding steroid dienone is 2. The van der Waals surface area contributed by atoms with Crippen molar-refractivity contribution in [1.29, 1.82) is 0 Å². The molecule has 0 saturated heterocycles. The van der Waals surface area contributed by atoms with Crippen molar-refractivity contribution in [2.45, 2.75) is 50.7 Å². The molecule has 2 saturated carbocycles. The zero-order valence-electron chi connectivity index (χ0n) is 11.1. The van der Waals surface area contributed by atoms with E-state index in [0.717, 1.165) is 34.8 Å². The predicted octanol–water partition coefficient (Wildman–Crippen LogP) is 4.51. The average Bonchev–Trinajstić information content (AvgIpc) is 2.55. The summed E-state index contributed by atoms with van der Waals surface area (Å²) in [5, 5.41) is 1.02. The first kappa shape index (κ1) is 11.0. The van der Waals surface area contributed by atoms with Crippen LogP contribution in [-0.4, -0.2) is 11.5 Å². The van der Waals surface area contributed by atoms with Crippen LogP contribution in [0.25, 0.3) is 0 Å². The highest BCUT2D eigenvalue weighted by molar-refractivity contribution is 7.99. The number of rotatable bonds is 2. The lowest BCUT2D eigenvalue weighted by Crippen LogP contribution is -2.46. The summed E-state index contributed by atoms with van der Waals surface area (Å²) in [7, 11) is 0. The fourth-order valence-corrected chi connectivity index (χ4v) is 6.54. The molecule has 0 aromatic carbocycles. The summed E-state index contributed by atoms with van der Waals surface area (Å²) in [6.07, 6.45) is 11.4. The van der Waals surface area contributed by atoms with Gasteiger partial charge < -0.3 is 0 Å². The molecule has 6 atom stereocenters. The van der Waals surface area contributed by atoms with Gasteiger partial charge in [0.2, 0.25) is 0 Å². The first-order valence-corrected chi connectivity index (χ1v) is 8.85. The summed E-state index contributed by atoms with van der Waals surface area (Å²) in [5.74, 6) is 5.34. The first-order chi connectivity index (χ1) is 8.31. The number of hydrogen-bond donors (Lipinski definition) is 0. The van der Waals surface area contributed by atoms with Gasteiger partial charge in [0.15, 0.2) is 0 Å². The Balaban J connectivity index is 1.54. The molecule has 6 unspecified atom stereocenters. The molecule has 94 valence electrons. The molecule has 0 radical (unpaired) electrons. The third-order valence-electron chi connectivity index (χ3n) is 6.36. The van der Waals surface area contributed by atoms with Gasteiger partial charge in [0.25, 0.3) is 0 Å². The minimum Gasteiger partial charge on any atom is -0.162 e. The SMILES string of the molecule is CCC1CC2=C1C1CC3C(CC1C2)CC3SC. The Morgan fingerprint density at radius 1 is 1.12 bits per heavy atom. The van der Waals surface area contributed by atoms with Gasteiger partial charge in [-0.1, -0.05) is 18.1 Å². The van der Waals surface area contributed by atoms with Crippen molar-refractivity contribution in [1.82, 2.24) is 0 Å². The predicted molar refractivity (Wildman–Crippen MR) is 75.2 cm³/mol. The molecule has 1 heteroatoms. The number of hydrogen-bond acceptors (Lipinski definition) is 1. The van der Waals surface area contributed by atoms with Gasteiger partial charge >= 0.3 is 0 Å². The highest BCUT2D eigenvalue weighted by Gasteiger charge is 2.53. The van der Waals surface area contributed by atoms with Gasteiger partial charge in [-0.2, -0.15) is 11.8 Å². The number of fused-ring (bicyclic) bond motifs is 3. The van der Waals surface area contributed by atoms with Crippen LogP contribution in [0.4, 0.5) is 0 Å². The maximum atomic E-state index is 2.39. The largest absolute Gasteiger partial charge is 0.162 e. The lowest BCUT2D eigenvalue weighted by atomic mass is 9.57. The number of thioether (sulfide) groups is 1. The molecular formula is C16H24S. The lowest BCUT2D eigenvalue weighted by molar-refractivity contribution is 0.0618. The van der Waals surface area contributed by atoms with Crippen molar-refractivity contribution < 1.29 is 0 Å². The monoisotopic (exact) mass is 248 g/mol. The van der Waals surface area contributed by atoms with Gasteiger partial charge in [0.1, 0.15) is 0 Å². The van der Waals surface area contributed by atoms with Crippen molar-refractivity contribution >= 4 is 11.8 Å². The van der Waals surface area contributed by atoms with Gasteiger partial charge in [-0.05, 0) is 74.4 Å². The molecule has 0 aromatic heterocycles. The molecule has 0 aromatic rings. The Bertz CT molecular complexity index is 370. The molecule has 0 heterocycles. The molecule has 0 nitrogen and oxygen atoms in total. The highest BCUT2D eigenvalue weighted by Crippen LogP contribution is 2.63. The summed E-state index contributed by atoms with van der Waals surface area (Å²) in [6, 6.07) is 0.